The van der Waals surface area contributed by atoms with Crippen molar-refractivity contribution in [1.82, 2.24) is 10.7 Å². The minimum atomic E-state index is 0.513. The molecule has 5 nitrogen and oxygen atoms in total. The van der Waals surface area contributed by atoms with Crippen LogP contribution >= 0.6 is 0 Å². The van der Waals surface area contributed by atoms with Crippen LogP contribution in [0.5, 0.6) is 0 Å². The van der Waals surface area contributed by atoms with Crippen LogP contribution in [0.15, 0.2) is 28.0 Å². The Hall–Kier alpha value is -1.49. The number of furan rings is 1. The van der Waals surface area contributed by atoms with Crippen LogP contribution in [0.25, 0.3) is 0 Å². The lowest BCUT2D eigenvalue weighted by Gasteiger charge is -2.14. The molecule has 0 unspecified atom stereocenters. The molecule has 1 saturated carbocycles. The minimum Gasteiger partial charge on any atom is -0.472 e. The Bertz CT molecular complexity index is 328. The number of hydrogen-bond donors (Lipinski definition) is 3. The average molecular weight is 222 g/mol. The highest BCUT2D eigenvalue weighted by Gasteiger charge is 2.15. The van der Waals surface area contributed by atoms with Gasteiger partial charge in [-0.15, -0.1) is 0 Å². The van der Waals surface area contributed by atoms with Gasteiger partial charge >= 0.3 is 0 Å². The molecule has 5 heteroatoms. The molecule has 0 spiro atoms. The molecule has 2 rings (SSSR count). The maximum atomic E-state index is 5.42. The molecule has 0 radical (unpaired) electrons. The van der Waals surface area contributed by atoms with Gasteiger partial charge in [-0.2, -0.15) is 0 Å². The van der Waals surface area contributed by atoms with Gasteiger partial charge in [-0.3, -0.25) is 5.43 Å². The topological polar surface area (TPSA) is 75.6 Å². The predicted molar refractivity (Wildman–Crippen MR) is 62.6 cm³/mol. The molecule has 1 aromatic rings. The van der Waals surface area contributed by atoms with Crippen LogP contribution in [0.3, 0.4) is 0 Å². The van der Waals surface area contributed by atoms with E-state index in [1.54, 1.807) is 12.5 Å². The zero-order valence-electron chi connectivity index (χ0n) is 9.28. The molecule has 88 valence electrons. The number of hydrogen-bond acceptors (Lipinski definition) is 3. The quantitative estimate of drug-likeness (QED) is 0.310. The Morgan fingerprint density at radius 3 is 2.94 bits per heavy atom. The van der Waals surface area contributed by atoms with Crippen LogP contribution in [-0.2, 0) is 6.54 Å². The maximum absolute atomic E-state index is 5.42. The van der Waals surface area contributed by atoms with Crippen molar-refractivity contribution in [2.24, 2.45) is 10.8 Å². The van der Waals surface area contributed by atoms with Crippen LogP contribution in [0.1, 0.15) is 31.2 Å². The largest absolute Gasteiger partial charge is 0.472 e. The number of hydrazine groups is 1. The Morgan fingerprint density at radius 2 is 2.31 bits per heavy atom. The zero-order valence-corrected chi connectivity index (χ0v) is 9.28. The molecule has 0 bridgehead atoms. The number of aliphatic imine (C=N–C) groups is 1. The standard InChI is InChI=1S/C11H18N4O/c12-15-11(14-10-3-1-2-4-10)13-7-9-5-6-16-8-9/h5-6,8,10H,1-4,7,12H2,(H2,13,14,15). The van der Waals surface area contributed by atoms with Gasteiger partial charge in [0.1, 0.15) is 0 Å². The summed E-state index contributed by atoms with van der Waals surface area (Å²) in [5, 5.41) is 3.31. The maximum Gasteiger partial charge on any atom is 0.206 e. The van der Waals surface area contributed by atoms with E-state index in [2.05, 4.69) is 15.7 Å². The normalized spacial score (nSPS) is 17.7. The molecule has 1 heterocycles. The molecule has 1 aliphatic carbocycles. The average Bonchev–Trinajstić information content (AvgIpc) is 2.97. The molecule has 0 aliphatic heterocycles. The number of guanidine groups is 1. The van der Waals surface area contributed by atoms with Gasteiger partial charge in [0, 0.05) is 11.6 Å². The summed E-state index contributed by atoms with van der Waals surface area (Å²) < 4.78 is 4.97. The van der Waals surface area contributed by atoms with E-state index in [1.165, 1.54) is 25.7 Å². The van der Waals surface area contributed by atoms with Crippen molar-refractivity contribution in [1.29, 1.82) is 0 Å². The van der Waals surface area contributed by atoms with Crippen LogP contribution in [0, 0.1) is 0 Å². The summed E-state index contributed by atoms with van der Waals surface area (Å²) in [4.78, 5) is 4.36. The van der Waals surface area contributed by atoms with Crippen LogP contribution in [-0.4, -0.2) is 12.0 Å². The number of nitrogens with zero attached hydrogens (tertiary/aromatic N) is 1. The van der Waals surface area contributed by atoms with Crippen molar-refractivity contribution in [2.45, 2.75) is 38.3 Å². The first kappa shape index (κ1) is 11.0. The minimum absolute atomic E-state index is 0.513. The third-order valence-electron chi connectivity index (χ3n) is 2.83. The summed E-state index contributed by atoms with van der Waals surface area (Å²) in [6.45, 7) is 0.579. The van der Waals surface area contributed by atoms with Crippen molar-refractivity contribution < 1.29 is 4.42 Å². The highest BCUT2D eigenvalue weighted by atomic mass is 16.3. The van der Waals surface area contributed by atoms with Gasteiger partial charge in [-0.1, -0.05) is 12.8 Å². The number of nitrogens with two attached hydrogens (primary N) is 1. The number of nitrogens with one attached hydrogen (secondary N) is 2. The van der Waals surface area contributed by atoms with E-state index < -0.39 is 0 Å². The van der Waals surface area contributed by atoms with Crippen LogP contribution < -0.4 is 16.6 Å². The van der Waals surface area contributed by atoms with E-state index in [0.717, 1.165) is 5.56 Å². The predicted octanol–water partition coefficient (Wildman–Crippen LogP) is 1.13. The third-order valence-corrected chi connectivity index (χ3v) is 2.83. The summed E-state index contributed by atoms with van der Waals surface area (Å²) in [6.07, 6.45) is 8.31. The van der Waals surface area contributed by atoms with Gasteiger partial charge in [-0.05, 0) is 18.9 Å². The highest BCUT2D eigenvalue weighted by molar-refractivity contribution is 5.79. The fourth-order valence-electron chi connectivity index (χ4n) is 1.95. The number of rotatable bonds is 3. The van der Waals surface area contributed by atoms with Crippen molar-refractivity contribution in [3.63, 3.8) is 0 Å². The van der Waals surface area contributed by atoms with Gasteiger partial charge in [0.15, 0.2) is 0 Å². The van der Waals surface area contributed by atoms with E-state index in [0.29, 0.717) is 18.5 Å². The Balaban J connectivity index is 1.85. The van der Waals surface area contributed by atoms with E-state index >= 15 is 0 Å². The summed E-state index contributed by atoms with van der Waals surface area (Å²) >= 11 is 0. The van der Waals surface area contributed by atoms with E-state index in [9.17, 15) is 0 Å². The summed E-state index contributed by atoms with van der Waals surface area (Å²) in [5.41, 5.74) is 3.64. The van der Waals surface area contributed by atoms with Crippen LogP contribution in [0.4, 0.5) is 0 Å². The van der Waals surface area contributed by atoms with E-state index in [-0.39, 0.29) is 0 Å². The monoisotopic (exact) mass is 222 g/mol. The van der Waals surface area contributed by atoms with Crippen molar-refractivity contribution in [2.75, 3.05) is 0 Å². The second kappa shape index (κ2) is 5.55. The van der Waals surface area contributed by atoms with Crippen molar-refractivity contribution >= 4 is 5.96 Å². The van der Waals surface area contributed by atoms with Crippen LogP contribution in [0.2, 0.25) is 0 Å². The summed E-state index contributed by atoms with van der Waals surface area (Å²) in [6, 6.07) is 2.41. The SMILES string of the molecule is NNC(=NCc1ccoc1)NC1CCCC1. The zero-order chi connectivity index (χ0) is 11.2. The molecule has 4 N–H and O–H groups in total. The molecule has 1 fully saturated rings. The molecular weight excluding hydrogens is 204 g/mol. The molecule has 0 amide bonds. The third kappa shape index (κ3) is 3.00. The van der Waals surface area contributed by atoms with E-state index in [4.69, 9.17) is 10.3 Å². The first-order valence-electron chi connectivity index (χ1n) is 5.67. The lowest BCUT2D eigenvalue weighted by Crippen LogP contribution is -2.45. The Morgan fingerprint density at radius 1 is 1.50 bits per heavy atom. The molecule has 0 saturated heterocycles. The van der Waals surface area contributed by atoms with E-state index in [1.807, 2.05) is 6.07 Å². The van der Waals surface area contributed by atoms with Gasteiger partial charge < -0.3 is 9.73 Å². The van der Waals surface area contributed by atoms with Gasteiger partial charge in [-0.25, -0.2) is 10.8 Å². The van der Waals surface area contributed by atoms with Crippen molar-refractivity contribution in [3.8, 4) is 0 Å². The van der Waals surface area contributed by atoms with Gasteiger partial charge in [0.2, 0.25) is 5.96 Å². The fraction of sp³-hybridized carbons (Fsp3) is 0.545. The molecule has 0 atom stereocenters. The van der Waals surface area contributed by atoms with Gasteiger partial charge in [0.25, 0.3) is 0 Å². The summed E-state index contributed by atoms with van der Waals surface area (Å²) in [7, 11) is 0. The Kier molecular flexibility index (Phi) is 3.82. The smallest absolute Gasteiger partial charge is 0.206 e. The first-order valence-corrected chi connectivity index (χ1v) is 5.67. The second-order valence-corrected chi connectivity index (χ2v) is 4.07. The molecule has 16 heavy (non-hydrogen) atoms. The van der Waals surface area contributed by atoms with Gasteiger partial charge in [0.05, 0.1) is 19.1 Å². The van der Waals surface area contributed by atoms with Crippen molar-refractivity contribution in [3.05, 3.63) is 24.2 Å². The summed E-state index contributed by atoms with van der Waals surface area (Å²) in [5.74, 6) is 6.08. The lowest BCUT2D eigenvalue weighted by molar-refractivity contribution is 0.564. The first-order chi connectivity index (χ1) is 7.88. The fourth-order valence-corrected chi connectivity index (χ4v) is 1.95. The molecule has 0 aromatic carbocycles. The molecule has 1 aromatic heterocycles. The lowest BCUT2D eigenvalue weighted by atomic mass is 10.2. The second-order valence-electron chi connectivity index (χ2n) is 4.07. The molecule has 1 aliphatic rings. The Labute approximate surface area is 95.1 Å². The molecular formula is C11H18N4O. The highest BCUT2D eigenvalue weighted by Crippen LogP contribution is 2.17.